The average molecular weight is 288 g/mol. The lowest BCUT2D eigenvalue weighted by Crippen LogP contribution is -2.20. The summed E-state index contributed by atoms with van der Waals surface area (Å²) in [6.07, 6.45) is -11.3. The molecule has 0 aliphatic heterocycles. The van der Waals surface area contributed by atoms with Gasteiger partial charge >= 0.3 is 12.5 Å². The largest absolute Gasteiger partial charge is 0.573 e. The first kappa shape index (κ1) is 15.0. The van der Waals surface area contributed by atoms with Crippen molar-refractivity contribution in [2.24, 2.45) is 0 Å². The molecule has 0 aliphatic rings. The second-order valence-corrected chi connectivity index (χ2v) is 3.15. The van der Waals surface area contributed by atoms with Crippen molar-refractivity contribution >= 4 is 0 Å². The van der Waals surface area contributed by atoms with E-state index in [0.717, 1.165) is 0 Å². The maximum absolute atomic E-state index is 13.0. The normalized spacial score (nSPS) is 12.1. The molecular weight excluding hydrogens is 285 g/mol. The highest BCUT2D eigenvalue weighted by Crippen LogP contribution is 2.35. The molecule has 10 heteroatoms. The zero-order valence-corrected chi connectivity index (χ0v) is 8.73. The van der Waals surface area contributed by atoms with Gasteiger partial charge in [-0.3, -0.25) is 0 Å². The summed E-state index contributed by atoms with van der Waals surface area (Å²) in [6, 6.07) is 1.16. The Morgan fingerprint density at radius 1 is 1.21 bits per heavy atom. The van der Waals surface area contributed by atoms with Crippen LogP contribution in [0.4, 0.5) is 30.7 Å². The molecule has 0 bridgehead atoms. The first-order valence-corrected chi connectivity index (χ1v) is 4.44. The number of nitrogens with zero attached hydrogens (tertiary/aromatic N) is 2. The van der Waals surface area contributed by atoms with Gasteiger partial charge in [-0.1, -0.05) is 0 Å². The molecule has 0 spiro atoms. The van der Waals surface area contributed by atoms with E-state index in [1.54, 1.807) is 0 Å². The third-order valence-corrected chi connectivity index (χ3v) is 1.79. The molecule has 1 rings (SSSR count). The minimum Gasteiger partial charge on any atom is -0.404 e. The van der Waals surface area contributed by atoms with Crippen LogP contribution < -0.4 is 4.74 Å². The predicted octanol–water partition coefficient (Wildman–Crippen LogP) is 3.20. The van der Waals surface area contributed by atoms with E-state index in [-0.39, 0.29) is 6.07 Å². The van der Waals surface area contributed by atoms with Gasteiger partial charge in [0.2, 0.25) is 5.95 Å². The third-order valence-electron chi connectivity index (χ3n) is 1.79. The van der Waals surface area contributed by atoms with Crippen LogP contribution in [-0.4, -0.2) is 11.3 Å². The molecule has 19 heavy (non-hydrogen) atoms. The van der Waals surface area contributed by atoms with E-state index in [4.69, 9.17) is 5.26 Å². The lowest BCUT2D eigenvalue weighted by atomic mass is 10.2. The number of hydrogen-bond acceptors (Lipinski definition) is 3. The van der Waals surface area contributed by atoms with E-state index in [1.807, 2.05) is 0 Å². The molecule has 0 unspecified atom stereocenters. The molecule has 0 saturated carbocycles. The van der Waals surface area contributed by atoms with Crippen molar-refractivity contribution in [1.29, 1.82) is 5.26 Å². The minimum atomic E-state index is -5.29. The predicted molar refractivity (Wildman–Crippen MR) is 45.2 cm³/mol. The summed E-state index contributed by atoms with van der Waals surface area (Å²) in [4.78, 5) is 2.68. The van der Waals surface area contributed by atoms with E-state index >= 15 is 0 Å². The molecule has 3 nitrogen and oxygen atoms in total. The Kier molecular flexibility index (Phi) is 3.88. The van der Waals surface area contributed by atoms with Crippen LogP contribution in [0.15, 0.2) is 6.07 Å². The van der Waals surface area contributed by atoms with Crippen LogP contribution in [0.3, 0.4) is 0 Å². The van der Waals surface area contributed by atoms with Crippen molar-refractivity contribution in [1.82, 2.24) is 4.98 Å². The summed E-state index contributed by atoms with van der Waals surface area (Å²) in [5.41, 5.74) is -2.88. The van der Waals surface area contributed by atoms with Crippen LogP contribution in [0.25, 0.3) is 0 Å². The first-order valence-electron chi connectivity index (χ1n) is 4.44. The minimum absolute atomic E-state index is 0.178. The zero-order chi connectivity index (χ0) is 14.8. The summed E-state index contributed by atoms with van der Waals surface area (Å²) in [5.74, 6) is -3.38. The molecule has 0 atom stereocenters. The van der Waals surface area contributed by atoms with Gasteiger partial charge in [-0.05, 0) is 6.07 Å². The van der Waals surface area contributed by atoms with Gasteiger partial charge in [0.15, 0.2) is 5.75 Å². The second-order valence-electron chi connectivity index (χ2n) is 3.15. The lowest BCUT2D eigenvalue weighted by Gasteiger charge is -2.14. The maximum Gasteiger partial charge on any atom is 0.573 e. The number of ether oxygens (including phenoxy) is 1. The van der Waals surface area contributed by atoms with Crippen LogP contribution in [0.5, 0.6) is 5.75 Å². The van der Waals surface area contributed by atoms with E-state index in [0.29, 0.717) is 0 Å². The van der Waals surface area contributed by atoms with Gasteiger partial charge in [0, 0.05) is 0 Å². The quantitative estimate of drug-likeness (QED) is 0.620. The number of hydrogen-bond donors (Lipinski definition) is 0. The Labute approximate surface area is 101 Å². The van der Waals surface area contributed by atoms with E-state index in [9.17, 15) is 30.7 Å². The van der Waals surface area contributed by atoms with Crippen molar-refractivity contribution in [3.8, 4) is 11.8 Å². The summed E-state index contributed by atoms with van der Waals surface area (Å²) < 4.78 is 89.1. The number of alkyl halides is 6. The van der Waals surface area contributed by atoms with E-state index in [1.165, 1.54) is 6.07 Å². The van der Waals surface area contributed by atoms with Gasteiger partial charge in [-0.15, -0.1) is 13.2 Å². The van der Waals surface area contributed by atoms with E-state index < -0.39 is 41.9 Å². The molecule has 0 saturated heterocycles. The average Bonchev–Trinajstić information content (AvgIpc) is 2.18. The Morgan fingerprint density at radius 3 is 2.21 bits per heavy atom. The summed E-state index contributed by atoms with van der Waals surface area (Å²) in [6.45, 7) is 0. The van der Waals surface area contributed by atoms with Gasteiger partial charge in [-0.2, -0.15) is 22.8 Å². The molecular formula is C9H3F7N2O. The van der Waals surface area contributed by atoms with Crippen LogP contribution in [0, 0.1) is 17.3 Å². The summed E-state index contributed by atoms with van der Waals surface area (Å²) in [7, 11) is 0. The summed E-state index contributed by atoms with van der Waals surface area (Å²) in [5, 5.41) is 8.29. The monoisotopic (exact) mass is 288 g/mol. The van der Waals surface area contributed by atoms with Crippen molar-refractivity contribution in [2.75, 3.05) is 0 Å². The van der Waals surface area contributed by atoms with Gasteiger partial charge in [0.1, 0.15) is 11.3 Å². The molecule has 104 valence electrons. The molecule has 0 fully saturated rings. The highest BCUT2D eigenvalue weighted by atomic mass is 19.4. The molecule has 1 heterocycles. The van der Waals surface area contributed by atoms with Gasteiger partial charge < -0.3 is 4.74 Å². The Balaban J connectivity index is 3.36. The molecule has 0 N–H and O–H groups in total. The number of halogens is 7. The first-order chi connectivity index (χ1) is 8.54. The van der Waals surface area contributed by atoms with Gasteiger partial charge in [-0.25, -0.2) is 4.98 Å². The van der Waals surface area contributed by atoms with Gasteiger partial charge in [0.05, 0.1) is 12.5 Å². The van der Waals surface area contributed by atoms with Crippen LogP contribution in [0.2, 0.25) is 0 Å². The highest BCUT2D eigenvalue weighted by Gasteiger charge is 2.38. The topological polar surface area (TPSA) is 45.9 Å². The number of pyridine rings is 1. The zero-order valence-electron chi connectivity index (χ0n) is 8.73. The summed E-state index contributed by atoms with van der Waals surface area (Å²) >= 11 is 0. The Hall–Kier alpha value is -2.05. The smallest absolute Gasteiger partial charge is 0.404 e. The fourth-order valence-electron chi connectivity index (χ4n) is 1.12. The maximum atomic E-state index is 13.0. The fraction of sp³-hybridized carbons (Fsp3) is 0.333. The molecule has 0 aromatic carbocycles. The SMILES string of the molecule is N#CCc1nc(F)c(C(F)(F)F)cc1OC(F)(F)F. The Morgan fingerprint density at radius 2 is 1.79 bits per heavy atom. The molecule has 0 amide bonds. The van der Waals surface area contributed by atoms with Crippen molar-refractivity contribution in [3.05, 3.63) is 23.3 Å². The van der Waals surface area contributed by atoms with Crippen LogP contribution in [0.1, 0.15) is 11.3 Å². The van der Waals surface area contributed by atoms with Crippen molar-refractivity contribution in [3.63, 3.8) is 0 Å². The molecule has 0 aliphatic carbocycles. The van der Waals surface area contributed by atoms with Crippen LogP contribution in [-0.2, 0) is 12.6 Å². The standard InChI is InChI=1S/C9H3F7N2O/c10-7-4(8(11,12)13)3-6(19-9(14,15)16)5(18-7)1-2-17/h3H,1H2. The van der Waals surface area contributed by atoms with Crippen LogP contribution >= 0.6 is 0 Å². The Bertz CT molecular complexity index is 515. The van der Waals surface area contributed by atoms with Crippen molar-refractivity contribution < 1.29 is 35.5 Å². The lowest BCUT2D eigenvalue weighted by molar-refractivity contribution is -0.275. The van der Waals surface area contributed by atoms with Gasteiger partial charge in [0.25, 0.3) is 0 Å². The fourth-order valence-corrected chi connectivity index (χ4v) is 1.12. The number of rotatable bonds is 2. The highest BCUT2D eigenvalue weighted by molar-refractivity contribution is 5.35. The number of aromatic nitrogens is 1. The number of nitriles is 1. The molecule has 1 aromatic heterocycles. The van der Waals surface area contributed by atoms with E-state index in [2.05, 4.69) is 9.72 Å². The second kappa shape index (κ2) is 4.91. The molecule has 0 radical (unpaired) electrons. The van der Waals surface area contributed by atoms with Crippen molar-refractivity contribution in [2.45, 2.75) is 19.0 Å². The third kappa shape index (κ3) is 3.97. The molecule has 1 aromatic rings.